The third kappa shape index (κ3) is 8.34. The second-order valence-corrected chi connectivity index (χ2v) is 9.49. The minimum absolute atomic E-state index is 0. The SMILES string of the molecule is CCCCOCCn1c(-c2cccc(-c3nc4ccccc4n3CCOCCCC)n2)nc2ccccc21.[Cl-].[Cl-].[V+2]. The Morgan fingerprint density at radius 3 is 1.44 bits per heavy atom. The molecule has 0 saturated heterocycles. The molecule has 10 heteroatoms. The van der Waals surface area contributed by atoms with Crippen LogP contribution in [0.4, 0.5) is 0 Å². The molecule has 0 spiro atoms. The summed E-state index contributed by atoms with van der Waals surface area (Å²) >= 11 is 0. The zero-order valence-corrected chi connectivity index (χ0v) is 26.6. The Balaban J connectivity index is 0.00000196. The first-order valence-corrected chi connectivity index (χ1v) is 13.8. The molecule has 0 atom stereocenters. The van der Waals surface area contributed by atoms with E-state index in [1.165, 1.54) is 0 Å². The monoisotopic (exact) mass is 632 g/mol. The van der Waals surface area contributed by atoms with Crippen molar-refractivity contribution in [2.75, 3.05) is 26.4 Å². The van der Waals surface area contributed by atoms with Gasteiger partial charge in [-0.05, 0) is 49.2 Å². The van der Waals surface area contributed by atoms with Crippen LogP contribution in [0.5, 0.6) is 0 Å². The van der Waals surface area contributed by atoms with E-state index < -0.39 is 0 Å². The molecule has 3 heterocycles. The number of halogens is 2. The van der Waals surface area contributed by atoms with Crippen LogP contribution in [0.15, 0.2) is 66.7 Å². The third-order valence-corrected chi connectivity index (χ3v) is 6.72. The van der Waals surface area contributed by atoms with Crippen molar-refractivity contribution in [1.29, 1.82) is 0 Å². The molecule has 7 nitrogen and oxygen atoms in total. The summed E-state index contributed by atoms with van der Waals surface area (Å²) in [5, 5.41) is 0. The summed E-state index contributed by atoms with van der Waals surface area (Å²) < 4.78 is 16.2. The number of nitrogens with zero attached hydrogens (tertiary/aromatic N) is 5. The van der Waals surface area contributed by atoms with Gasteiger partial charge in [0.1, 0.15) is 11.4 Å². The van der Waals surface area contributed by atoms with E-state index in [2.05, 4.69) is 59.4 Å². The summed E-state index contributed by atoms with van der Waals surface area (Å²) in [5.41, 5.74) is 5.74. The molecule has 0 aliphatic rings. The van der Waals surface area contributed by atoms with E-state index in [9.17, 15) is 0 Å². The fourth-order valence-corrected chi connectivity index (χ4v) is 4.69. The first-order chi connectivity index (χ1) is 18.8. The molecule has 3 aromatic heterocycles. The standard InChI is InChI=1S/C31H37N5O2.2ClH.V/c1-3-5-20-37-22-18-35-28-16-9-7-12-24(28)33-30(35)26-14-11-15-27(32-26)31-34-25-13-8-10-17-29(25)36(31)19-23-38-21-6-4-2;;;/h7-17H,3-6,18-23H2,1-2H3;2*1H;/q;;;+2/p-2. The number of para-hydroxylation sites is 4. The van der Waals surface area contributed by atoms with Gasteiger partial charge in [0.05, 0.1) is 35.3 Å². The average Bonchev–Trinajstić information content (AvgIpc) is 3.52. The Hall–Kier alpha value is -2.39. The van der Waals surface area contributed by atoms with Crippen molar-refractivity contribution in [2.45, 2.75) is 52.6 Å². The van der Waals surface area contributed by atoms with Crippen LogP contribution in [-0.2, 0) is 41.1 Å². The Labute approximate surface area is 266 Å². The van der Waals surface area contributed by atoms with Crippen molar-refractivity contribution >= 4 is 22.1 Å². The Kier molecular flexibility index (Phi) is 14.9. The van der Waals surface area contributed by atoms with Crippen LogP contribution < -0.4 is 24.8 Å². The number of unbranched alkanes of at least 4 members (excludes halogenated alkanes) is 2. The number of pyridine rings is 1. The van der Waals surface area contributed by atoms with Gasteiger partial charge < -0.3 is 43.4 Å². The maximum atomic E-state index is 5.90. The first-order valence-electron chi connectivity index (χ1n) is 13.8. The average molecular weight is 634 g/mol. The minimum atomic E-state index is 0. The molecule has 5 rings (SSSR count). The fraction of sp³-hybridized carbons (Fsp3) is 0.387. The molecule has 0 fully saturated rings. The molecule has 1 radical (unpaired) electrons. The van der Waals surface area contributed by atoms with Crippen molar-refractivity contribution in [2.24, 2.45) is 0 Å². The molecule has 0 bridgehead atoms. The number of aromatic nitrogens is 5. The number of fused-ring (bicyclic) bond motifs is 2. The third-order valence-electron chi connectivity index (χ3n) is 6.72. The Bertz CT molecular complexity index is 1380. The molecule has 41 heavy (non-hydrogen) atoms. The Morgan fingerprint density at radius 1 is 0.561 bits per heavy atom. The summed E-state index contributed by atoms with van der Waals surface area (Å²) in [6.07, 6.45) is 4.41. The van der Waals surface area contributed by atoms with Crippen LogP contribution in [0.3, 0.4) is 0 Å². The van der Waals surface area contributed by atoms with Gasteiger partial charge in [-0.25, -0.2) is 15.0 Å². The second-order valence-electron chi connectivity index (χ2n) is 9.49. The second kappa shape index (κ2) is 17.5. The number of hydrogen-bond donors (Lipinski definition) is 0. The molecule has 5 aromatic rings. The van der Waals surface area contributed by atoms with Crippen LogP contribution in [0, 0.1) is 0 Å². The van der Waals surface area contributed by atoms with Gasteiger partial charge in [-0.15, -0.1) is 0 Å². The van der Waals surface area contributed by atoms with E-state index in [1.807, 2.05) is 30.3 Å². The largest absolute Gasteiger partial charge is 2.00 e. The van der Waals surface area contributed by atoms with Crippen molar-refractivity contribution < 1.29 is 52.8 Å². The Morgan fingerprint density at radius 2 is 1.00 bits per heavy atom. The van der Waals surface area contributed by atoms with Crippen molar-refractivity contribution in [3.05, 3.63) is 66.7 Å². The molecular formula is C31H37Cl2N5O2V. The number of imidazole rings is 2. The molecular weight excluding hydrogens is 596 g/mol. The minimum Gasteiger partial charge on any atom is -1.00 e. The van der Waals surface area contributed by atoms with Crippen molar-refractivity contribution in [3.63, 3.8) is 0 Å². The van der Waals surface area contributed by atoms with Crippen LogP contribution in [0.2, 0.25) is 0 Å². The van der Waals surface area contributed by atoms with Crippen LogP contribution in [0.1, 0.15) is 39.5 Å². The van der Waals surface area contributed by atoms with Gasteiger partial charge in [-0.3, -0.25) is 0 Å². The van der Waals surface area contributed by atoms with Crippen LogP contribution in [0.25, 0.3) is 45.1 Å². The molecule has 0 saturated carbocycles. The van der Waals surface area contributed by atoms with Crippen LogP contribution >= 0.6 is 0 Å². The summed E-state index contributed by atoms with van der Waals surface area (Å²) in [5.74, 6) is 1.69. The van der Waals surface area contributed by atoms with Gasteiger partial charge in [-0.1, -0.05) is 57.0 Å². The molecule has 2 aromatic carbocycles. The summed E-state index contributed by atoms with van der Waals surface area (Å²) in [4.78, 5) is 15.0. The number of benzene rings is 2. The summed E-state index contributed by atoms with van der Waals surface area (Å²) in [6.45, 7) is 8.64. The van der Waals surface area contributed by atoms with E-state index >= 15 is 0 Å². The number of ether oxygens (including phenoxy) is 2. The van der Waals surface area contributed by atoms with E-state index in [0.29, 0.717) is 13.2 Å². The van der Waals surface area contributed by atoms with Gasteiger partial charge in [0.2, 0.25) is 0 Å². The van der Waals surface area contributed by atoms with E-state index in [0.717, 1.165) is 97.1 Å². The fourth-order valence-electron chi connectivity index (χ4n) is 4.69. The molecule has 0 aliphatic carbocycles. The van der Waals surface area contributed by atoms with Gasteiger partial charge in [0.15, 0.2) is 11.6 Å². The first kappa shape index (κ1) is 34.8. The van der Waals surface area contributed by atoms with Crippen molar-refractivity contribution in [1.82, 2.24) is 24.1 Å². The zero-order chi connectivity index (χ0) is 26.2. The molecule has 0 amide bonds. The molecule has 0 N–H and O–H groups in total. The maximum absolute atomic E-state index is 5.90. The predicted octanol–water partition coefficient (Wildman–Crippen LogP) is 0.754. The number of rotatable bonds is 14. The van der Waals surface area contributed by atoms with Crippen LogP contribution in [-0.4, -0.2) is 50.5 Å². The summed E-state index contributed by atoms with van der Waals surface area (Å²) in [6, 6.07) is 22.6. The molecule has 217 valence electrons. The normalized spacial score (nSPS) is 10.8. The topological polar surface area (TPSA) is 67.0 Å². The predicted molar refractivity (Wildman–Crippen MR) is 153 cm³/mol. The maximum Gasteiger partial charge on any atom is 2.00 e. The van der Waals surface area contributed by atoms with Gasteiger partial charge in [0.25, 0.3) is 0 Å². The van der Waals surface area contributed by atoms with E-state index in [4.69, 9.17) is 24.4 Å². The molecule has 0 unspecified atom stereocenters. The van der Waals surface area contributed by atoms with Gasteiger partial charge >= 0.3 is 18.6 Å². The van der Waals surface area contributed by atoms with Gasteiger partial charge in [0, 0.05) is 26.3 Å². The molecule has 0 aliphatic heterocycles. The smallest absolute Gasteiger partial charge is 1.00 e. The van der Waals surface area contributed by atoms with Crippen molar-refractivity contribution in [3.8, 4) is 23.0 Å². The summed E-state index contributed by atoms with van der Waals surface area (Å²) in [7, 11) is 0. The van der Waals surface area contributed by atoms with Gasteiger partial charge in [-0.2, -0.15) is 0 Å². The van der Waals surface area contributed by atoms with E-state index in [1.54, 1.807) is 0 Å². The number of hydrogen-bond acceptors (Lipinski definition) is 5. The zero-order valence-electron chi connectivity index (χ0n) is 23.7. The van der Waals surface area contributed by atoms with E-state index in [-0.39, 0.29) is 43.4 Å². The quantitative estimate of drug-likeness (QED) is 0.169.